The lowest BCUT2D eigenvalue weighted by atomic mass is 9.92. The molecule has 1 rings (SSSR count). The number of piperazine rings is 1. The van der Waals surface area contributed by atoms with E-state index in [0.717, 1.165) is 64.7 Å². The molecule has 0 saturated carbocycles. The Kier molecular flexibility index (Phi) is 39.9. The van der Waals surface area contributed by atoms with Crippen molar-refractivity contribution >= 4 is 11.9 Å². The number of esters is 2. The van der Waals surface area contributed by atoms with Crippen LogP contribution in [0.5, 0.6) is 0 Å². The predicted molar refractivity (Wildman–Crippen MR) is 252 cm³/mol. The first-order chi connectivity index (χ1) is 28.9. The molecule has 7 heteroatoms. The molecule has 7 nitrogen and oxygen atoms in total. The Labute approximate surface area is 368 Å². The predicted octanol–water partition coefficient (Wildman–Crippen LogP) is 14.1. The number of nitrogens with zero attached hydrogens (tertiary/aromatic N) is 2. The molecule has 0 aliphatic carbocycles. The zero-order chi connectivity index (χ0) is 42.9. The van der Waals surface area contributed by atoms with Crippen LogP contribution < -0.4 is 0 Å². The minimum Gasteiger partial charge on any atom is -0.466 e. The van der Waals surface area contributed by atoms with Gasteiger partial charge >= 0.3 is 11.9 Å². The molecule has 1 fully saturated rings. The van der Waals surface area contributed by atoms with Crippen molar-refractivity contribution < 1.29 is 23.8 Å². The van der Waals surface area contributed by atoms with Gasteiger partial charge in [-0.2, -0.15) is 0 Å². The number of unbranched alkanes of at least 4 members (excludes halogenated alkanes) is 16. The van der Waals surface area contributed by atoms with Gasteiger partial charge in [0.15, 0.2) is 0 Å². The Morgan fingerprint density at radius 3 is 1.22 bits per heavy atom. The van der Waals surface area contributed by atoms with Crippen LogP contribution in [0.15, 0.2) is 0 Å². The Hall–Kier alpha value is -1.18. The zero-order valence-corrected chi connectivity index (χ0v) is 40.4. The van der Waals surface area contributed by atoms with E-state index in [1.165, 1.54) is 180 Å². The van der Waals surface area contributed by atoms with Crippen LogP contribution in [0.1, 0.15) is 240 Å². The van der Waals surface area contributed by atoms with E-state index in [2.05, 4.69) is 44.5 Å². The average molecular weight is 835 g/mol. The number of ether oxygens (including phenoxy) is 3. The maximum atomic E-state index is 12.5. The second-order valence-corrected chi connectivity index (χ2v) is 18.8. The van der Waals surface area contributed by atoms with Gasteiger partial charge in [-0.15, -0.1) is 0 Å². The van der Waals surface area contributed by atoms with Crippen molar-refractivity contribution in [1.29, 1.82) is 0 Å². The normalized spacial score (nSPS) is 14.0. The lowest BCUT2D eigenvalue weighted by Gasteiger charge is -2.32. The highest BCUT2D eigenvalue weighted by atomic mass is 16.5. The largest absolute Gasteiger partial charge is 0.466 e. The number of carbonyl (C=O) groups is 2. The molecule has 1 heterocycles. The summed E-state index contributed by atoms with van der Waals surface area (Å²) in [6.07, 6.45) is 39.1. The average Bonchev–Trinajstić information content (AvgIpc) is 3.23. The number of hydrogen-bond acceptors (Lipinski definition) is 7. The lowest BCUT2D eigenvalue weighted by Crippen LogP contribution is -2.44. The molecule has 0 aromatic rings. The highest BCUT2D eigenvalue weighted by Gasteiger charge is 2.15. The maximum Gasteiger partial charge on any atom is 0.305 e. The van der Waals surface area contributed by atoms with Crippen molar-refractivity contribution in [3.05, 3.63) is 0 Å². The molecule has 1 aliphatic heterocycles. The summed E-state index contributed by atoms with van der Waals surface area (Å²) in [5, 5.41) is 0. The molecule has 0 bridgehead atoms. The third-order valence-corrected chi connectivity index (χ3v) is 13.1. The van der Waals surface area contributed by atoms with Crippen molar-refractivity contribution in [2.45, 2.75) is 240 Å². The fourth-order valence-electron chi connectivity index (χ4n) is 8.91. The Morgan fingerprint density at radius 1 is 0.424 bits per heavy atom. The molecule has 0 amide bonds. The molecule has 1 aliphatic rings. The summed E-state index contributed by atoms with van der Waals surface area (Å²) in [7, 11) is 2.22. The van der Waals surface area contributed by atoms with Crippen LogP contribution in [-0.2, 0) is 23.8 Å². The Balaban J connectivity index is 2.29. The Bertz CT molecular complexity index is 834. The van der Waals surface area contributed by atoms with Crippen molar-refractivity contribution in [3.63, 3.8) is 0 Å². The van der Waals surface area contributed by atoms with Crippen LogP contribution in [0, 0.1) is 17.8 Å². The molecule has 0 unspecified atom stereocenters. The minimum atomic E-state index is 0.00493. The molecule has 350 valence electrons. The van der Waals surface area contributed by atoms with Crippen molar-refractivity contribution in [3.8, 4) is 0 Å². The van der Waals surface area contributed by atoms with E-state index < -0.39 is 0 Å². The first-order valence-electron chi connectivity index (χ1n) is 26.2. The van der Waals surface area contributed by atoms with E-state index in [0.29, 0.717) is 43.8 Å². The van der Waals surface area contributed by atoms with Gasteiger partial charge < -0.3 is 24.0 Å². The zero-order valence-electron chi connectivity index (χ0n) is 40.4. The number of hydrogen-bond donors (Lipinski definition) is 0. The molecule has 0 atom stereocenters. The Morgan fingerprint density at radius 2 is 0.797 bits per heavy atom. The van der Waals surface area contributed by atoms with Crippen molar-refractivity contribution in [2.75, 3.05) is 66.2 Å². The molecule has 0 radical (unpaired) electrons. The van der Waals surface area contributed by atoms with Gasteiger partial charge in [0.1, 0.15) is 0 Å². The second-order valence-electron chi connectivity index (χ2n) is 18.8. The highest BCUT2D eigenvalue weighted by Crippen LogP contribution is 2.24. The summed E-state index contributed by atoms with van der Waals surface area (Å²) in [5.41, 5.74) is 0. The monoisotopic (exact) mass is 835 g/mol. The molecule has 0 aromatic carbocycles. The topological polar surface area (TPSA) is 68.3 Å². The first-order valence-corrected chi connectivity index (χ1v) is 26.2. The van der Waals surface area contributed by atoms with Crippen molar-refractivity contribution in [1.82, 2.24) is 9.80 Å². The summed E-state index contributed by atoms with van der Waals surface area (Å²) >= 11 is 0. The quantitative estimate of drug-likeness (QED) is 0.0447. The van der Waals surface area contributed by atoms with Crippen LogP contribution in [0.4, 0.5) is 0 Å². The van der Waals surface area contributed by atoms with Gasteiger partial charge in [0.25, 0.3) is 0 Å². The van der Waals surface area contributed by atoms with Gasteiger partial charge in [-0.25, -0.2) is 0 Å². The first kappa shape index (κ1) is 55.8. The second kappa shape index (κ2) is 42.1. The molecule has 59 heavy (non-hydrogen) atoms. The minimum absolute atomic E-state index is 0.00493. The van der Waals surface area contributed by atoms with Gasteiger partial charge in [0.05, 0.1) is 13.2 Å². The van der Waals surface area contributed by atoms with Gasteiger partial charge in [-0.3, -0.25) is 9.59 Å². The fourth-order valence-corrected chi connectivity index (χ4v) is 8.91. The fraction of sp³-hybridized carbons (Fsp3) is 0.962. The maximum absolute atomic E-state index is 12.5. The molecule has 0 spiro atoms. The summed E-state index contributed by atoms with van der Waals surface area (Å²) < 4.78 is 17.7. The van der Waals surface area contributed by atoms with Gasteiger partial charge in [0, 0.05) is 58.8 Å². The number of rotatable bonds is 44. The molecular formula is C52H102N2O5. The van der Waals surface area contributed by atoms with E-state index >= 15 is 0 Å². The van der Waals surface area contributed by atoms with E-state index in [1.54, 1.807) is 0 Å². The highest BCUT2D eigenvalue weighted by molar-refractivity contribution is 5.69. The molecule has 0 aromatic heterocycles. The van der Waals surface area contributed by atoms with Crippen LogP contribution in [0.25, 0.3) is 0 Å². The van der Waals surface area contributed by atoms with Crippen LogP contribution >= 0.6 is 0 Å². The number of likely N-dealkylation sites (N-methyl/N-ethyl adjacent to an activating group) is 1. The molecule has 1 saturated heterocycles. The van der Waals surface area contributed by atoms with E-state index in [1.807, 2.05) is 0 Å². The third kappa shape index (κ3) is 36.1. The summed E-state index contributed by atoms with van der Waals surface area (Å²) in [6.45, 7) is 17.9. The van der Waals surface area contributed by atoms with Crippen molar-refractivity contribution in [2.24, 2.45) is 17.8 Å². The summed E-state index contributed by atoms with van der Waals surface area (Å²) in [4.78, 5) is 29.9. The van der Waals surface area contributed by atoms with Gasteiger partial charge in [0.2, 0.25) is 0 Å². The number of carbonyl (C=O) groups excluding carboxylic acids is 2. The molecule has 0 N–H and O–H groups in total. The summed E-state index contributed by atoms with van der Waals surface area (Å²) in [5.74, 6) is 2.07. The van der Waals surface area contributed by atoms with E-state index in [9.17, 15) is 9.59 Å². The standard InChI is InChI=1S/C52H102N2O5/c1-6-10-20-29-48(30-21-11-7-2)37-45-58-51(55)35-26-18-14-16-24-33-50(47-57-44-28-39-54-42-40-53(5)41-43-54)34-25-17-15-19-27-36-52(56)59-46-38-49(31-22-12-8-3)32-23-13-9-4/h48-50H,6-47H2,1-5H3. The SMILES string of the molecule is CCCCCC(CCCCC)CCOC(=O)CCCCCCCC(CCCCCCCC(=O)OCCC(CCCCC)CCCCC)COCCCN1CCN(C)CC1. The van der Waals surface area contributed by atoms with Gasteiger partial charge in [-0.05, 0) is 69.7 Å². The lowest BCUT2D eigenvalue weighted by molar-refractivity contribution is -0.145. The summed E-state index contributed by atoms with van der Waals surface area (Å²) in [6, 6.07) is 0. The van der Waals surface area contributed by atoms with Crippen LogP contribution in [0.3, 0.4) is 0 Å². The molecular weight excluding hydrogens is 733 g/mol. The third-order valence-electron chi connectivity index (χ3n) is 13.1. The van der Waals surface area contributed by atoms with Gasteiger partial charge in [-0.1, -0.05) is 182 Å². The smallest absolute Gasteiger partial charge is 0.305 e. The van der Waals surface area contributed by atoms with E-state index in [4.69, 9.17) is 14.2 Å². The van der Waals surface area contributed by atoms with E-state index in [-0.39, 0.29) is 11.9 Å². The van der Waals surface area contributed by atoms with Crippen LogP contribution in [-0.4, -0.2) is 87.9 Å². The van der Waals surface area contributed by atoms with Crippen LogP contribution in [0.2, 0.25) is 0 Å².